The molecule has 2 rings (SSSR count). The topological polar surface area (TPSA) is 86.4 Å². The summed E-state index contributed by atoms with van der Waals surface area (Å²) in [6.45, 7) is 3.27. The quantitative estimate of drug-likeness (QED) is 0.462. The van der Waals surface area contributed by atoms with E-state index in [-0.39, 0.29) is 11.7 Å². The van der Waals surface area contributed by atoms with E-state index in [4.69, 9.17) is 19.9 Å². The number of methoxy groups -OCH3 is 2. The molecule has 0 aromatic heterocycles. The van der Waals surface area contributed by atoms with Gasteiger partial charge in [-0.15, -0.1) is 0 Å². The summed E-state index contributed by atoms with van der Waals surface area (Å²) in [4.78, 5) is 18.1. The van der Waals surface area contributed by atoms with Crippen LogP contribution in [0.3, 0.4) is 0 Å². The Morgan fingerprint density at radius 1 is 1.43 bits per heavy atom. The molecule has 7 heteroatoms. The molecule has 126 valence electrons. The predicted octanol–water partition coefficient (Wildman–Crippen LogP) is 1.15. The van der Waals surface area contributed by atoms with Crippen LogP contribution in [0.4, 0.5) is 0 Å². The van der Waals surface area contributed by atoms with Crippen molar-refractivity contribution in [3.8, 4) is 5.75 Å². The molecule has 1 aliphatic heterocycles. The number of carbonyl (C=O) groups is 1. The van der Waals surface area contributed by atoms with Crippen LogP contribution < -0.4 is 10.5 Å². The SMILES string of the molecule is CCOC(OC)C(N)=NCc1cc2c(c(OC)c1)C(=O)N(C)C2. The molecule has 0 radical (unpaired) electrons. The maximum Gasteiger partial charge on any atom is 0.258 e. The van der Waals surface area contributed by atoms with Crippen LogP contribution in [0.5, 0.6) is 5.75 Å². The van der Waals surface area contributed by atoms with Gasteiger partial charge >= 0.3 is 0 Å². The molecule has 23 heavy (non-hydrogen) atoms. The first-order valence-electron chi connectivity index (χ1n) is 7.41. The number of ether oxygens (including phenoxy) is 3. The van der Waals surface area contributed by atoms with Gasteiger partial charge in [-0.2, -0.15) is 0 Å². The predicted molar refractivity (Wildman–Crippen MR) is 86.5 cm³/mol. The minimum atomic E-state index is -0.649. The van der Waals surface area contributed by atoms with Gasteiger partial charge in [0.2, 0.25) is 6.29 Å². The Labute approximate surface area is 136 Å². The Bertz CT molecular complexity index is 616. The summed E-state index contributed by atoms with van der Waals surface area (Å²) in [5.74, 6) is 0.818. The monoisotopic (exact) mass is 321 g/mol. The summed E-state index contributed by atoms with van der Waals surface area (Å²) in [6.07, 6.45) is -0.649. The molecule has 1 aromatic carbocycles. The number of carbonyl (C=O) groups excluding carboxylic acids is 1. The van der Waals surface area contributed by atoms with Gasteiger partial charge in [0.15, 0.2) is 5.84 Å². The van der Waals surface area contributed by atoms with Gasteiger partial charge in [0.25, 0.3) is 5.91 Å². The highest BCUT2D eigenvalue weighted by atomic mass is 16.7. The maximum atomic E-state index is 12.1. The van der Waals surface area contributed by atoms with Gasteiger partial charge in [-0.3, -0.25) is 9.79 Å². The number of rotatable bonds is 7. The zero-order valence-corrected chi connectivity index (χ0v) is 14.0. The summed E-state index contributed by atoms with van der Waals surface area (Å²) in [5, 5.41) is 0. The first-order chi connectivity index (χ1) is 11.0. The van der Waals surface area contributed by atoms with E-state index in [1.165, 1.54) is 7.11 Å². The smallest absolute Gasteiger partial charge is 0.258 e. The Hall–Kier alpha value is -2.12. The summed E-state index contributed by atoms with van der Waals surface area (Å²) in [5.41, 5.74) is 8.37. The molecule has 0 saturated carbocycles. The van der Waals surface area contributed by atoms with E-state index < -0.39 is 6.29 Å². The lowest BCUT2D eigenvalue weighted by atomic mass is 10.0. The fraction of sp³-hybridized carbons (Fsp3) is 0.500. The average molecular weight is 321 g/mol. The third kappa shape index (κ3) is 3.62. The second-order valence-corrected chi connectivity index (χ2v) is 5.26. The van der Waals surface area contributed by atoms with E-state index in [0.717, 1.165) is 11.1 Å². The maximum absolute atomic E-state index is 12.1. The van der Waals surface area contributed by atoms with Crippen molar-refractivity contribution in [3.05, 3.63) is 28.8 Å². The van der Waals surface area contributed by atoms with Crippen LogP contribution in [0.25, 0.3) is 0 Å². The van der Waals surface area contributed by atoms with Crippen LogP contribution in [0.15, 0.2) is 17.1 Å². The van der Waals surface area contributed by atoms with Gasteiger partial charge in [0, 0.05) is 27.3 Å². The van der Waals surface area contributed by atoms with E-state index in [1.807, 2.05) is 19.1 Å². The standard InChI is InChI=1S/C16H23N3O4/c1-5-23-16(22-4)14(17)18-8-10-6-11-9-19(2)15(20)13(11)12(7-10)21-3/h6-7,16H,5,8-9H2,1-4H3,(H2,17,18). The van der Waals surface area contributed by atoms with E-state index in [0.29, 0.717) is 31.0 Å². The van der Waals surface area contributed by atoms with E-state index in [1.54, 1.807) is 19.1 Å². The molecular weight excluding hydrogens is 298 g/mol. The van der Waals surface area contributed by atoms with Gasteiger partial charge in [-0.25, -0.2) is 0 Å². The largest absolute Gasteiger partial charge is 0.496 e. The fourth-order valence-electron chi connectivity index (χ4n) is 2.56. The van der Waals surface area contributed by atoms with Crippen molar-refractivity contribution in [2.45, 2.75) is 26.3 Å². The van der Waals surface area contributed by atoms with Crippen molar-refractivity contribution in [1.29, 1.82) is 0 Å². The number of amides is 1. The van der Waals surface area contributed by atoms with Crippen molar-refractivity contribution in [1.82, 2.24) is 4.90 Å². The highest BCUT2D eigenvalue weighted by Gasteiger charge is 2.28. The normalized spacial score (nSPS) is 15.7. The van der Waals surface area contributed by atoms with E-state index in [2.05, 4.69) is 4.99 Å². The number of nitrogens with two attached hydrogens (primary N) is 1. The molecule has 0 bridgehead atoms. The van der Waals surface area contributed by atoms with Crippen LogP contribution in [-0.4, -0.2) is 50.8 Å². The molecule has 2 N–H and O–H groups in total. The lowest BCUT2D eigenvalue weighted by molar-refractivity contribution is -0.0729. The minimum absolute atomic E-state index is 0.0257. The number of fused-ring (bicyclic) bond motifs is 1. The molecule has 0 fully saturated rings. The second kappa shape index (κ2) is 7.43. The first-order valence-corrected chi connectivity index (χ1v) is 7.41. The van der Waals surface area contributed by atoms with Crippen molar-refractivity contribution in [2.75, 3.05) is 27.9 Å². The fourth-order valence-corrected chi connectivity index (χ4v) is 2.56. The number of hydrogen-bond donors (Lipinski definition) is 1. The van der Waals surface area contributed by atoms with Gasteiger partial charge in [0.05, 0.1) is 19.2 Å². The second-order valence-electron chi connectivity index (χ2n) is 5.26. The number of aliphatic imine (C=N–C) groups is 1. The van der Waals surface area contributed by atoms with Crippen molar-refractivity contribution >= 4 is 11.7 Å². The molecule has 1 amide bonds. The Morgan fingerprint density at radius 3 is 2.78 bits per heavy atom. The lowest BCUT2D eigenvalue weighted by Crippen LogP contribution is -2.33. The highest BCUT2D eigenvalue weighted by Crippen LogP contribution is 2.31. The van der Waals surface area contributed by atoms with Crippen LogP contribution in [-0.2, 0) is 22.6 Å². The van der Waals surface area contributed by atoms with Crippen LogP contribution >= 0.6 is 0 Å². The number of nitrogens with zero attached hydrogens (tertiary/aromatic N) is 2. The minimum Gasteiger partial charge on any atom is -0.496 e. The zero-order valence-electron chi connectivity index (χ0n) is 14.0. The van der Waals surface area contributed by atoms with Crippen molar-refractivity contribution in [3.63, 3.8) is 0 Å². The van der Waals surface area contributed by atoms with Crippen LogP contribution in [0.2, 0.25) is 0 Å². The molecule has 0 saturated heterocycles. The molecule has 0 spiro atoms. The third-order valence-corrected chi connectivity index (χ3v) is 3.65. The van der Waals surface area contributed by atoms with E-state index >= 15 is 0 Å². The molecule has 1 atom stereocenters. The van der Waals surface area contributed by atoms with Gasteiger partial charge in [-0.1, -0.05) is 6.07 Å². The number of amidine groups is 1. The summed E-state index contributed by atoms with van der Waals surface area (Å²) in [7, 11) is 4.84. The van der Waals surface area contributed by atoms with Crippen molar-refractivity contribution < 1.29 is 19.0 Å². The first kappa shape index (κ1) is 17.2. The molecule has 1 aliphatic rings. The van der Waals surface area contributed by atoms with Crippen LogP contribution in [0, 0.1) is 0 Å². The summed E-state index contributed by atoms with van der Waals surface area (Å²) >= 11 is 0. The van der Waals surface area contributed by atoms with Crippen molar-refractivity contribution in [2.24, 2.45) is 10.7 Å². The number of benzene rings is 1. The van der Waals surface area contributed by atoms with Gasteiger partial charge in [-0.05, 0) is 24.1 Å². The zero-order chi connectivity index (χ0) is 17.0. The summed E-state index contributed by atoms with van der Waals surface area (Å²) in [6, 6.07) is 3.77. The lowest BCUT2D eigenvalue weighted by Gasteiger charge is -2.14. The van der Waals surface area contributed by atoms with Gasteiger partial charge < -0.3 is 24.8 Å². The average Bonchev–Trinajstić information content (AvgIpc) is 2.84. The molecular formula is C16H23N3O4. The Kier molecular flexibility index (Phi) is 5.57. The van der Waals surface area contributed by atoms with Gasteiger partial charge in [0.1, 0.15) is 5.75 Å². The van der Waals surface area contributed by atoms with E-state index in [9.17, 15) is 4.79 Å². The Balaban J connectivity index is 2.22. The third-order valence-electron chi connectivity index (χ3n) is 3.65. The number of hydrogen-bond acceptors (Lipinski definition) is 5. The van der Waals surface area contributed by atoms with Crippen LogP contribution in [0.1, 0.15) is 28.4 Å². The summed E-state index contributed by atoms with van der Waals surface area (Å²) < 4.78 is 15.8. The molecule has 1 aromatic rings. The highest BCUT2D eigenvalue weighted by molar-refractivity contribution is 6.01. The molecule has 1 unspecified atom stereocenters. The Morgan fingerprint density at radius 2 is 2.17 bits per heavy atom. The molecule has 7 nitrogen and oxygen atoms in total. The molecule has 1 heterocycles. The molecule has 0 aliphatic carbocycles.